The molecule has 7 nitrogen and oxygen atoms in total. The molecular formula is C19H17ClN4O3. The Labute approximate surface area is 160 Å². The molecule has 8 heteroatoms. The van der Waals surface area contributed by atoms with Gasteiger partial charge in [-0.15, -0.1) is 0 Å². The molecule has 3 rings (SSSR count). The second-order valence-electron chi connectivity index (χ2n) is 5.99. The van der Waals surface area contributed by atoms with Crippen molar-refractivity contribution in [2.45, 2.75) is 13.5 Å². The highest BCUT2D eigenvalue weighted by atomic mass is 35.5. The molecule has 1 heterocycles. The van der Waals surface area contributed by atoms with Crippen LogP contribution in [0, 0.1) is 6.92 Å². The number of nitrogens with one attached hydrogen (secondary N) is 2. The third-order valence-electron chi connectivity index (χ3n) is 3.90. The van der Waals surface area contributed by atoms with Crippen LogP contribution in [0.25, 0.3) is 10.9 Å². The van der Waals surface area contributed by atoms with Crippen LogP contribution in [0.3, 0.4) is 0 Å². The van der Waals surface area contributed by atoms with Gasteiger partial charge in [-0.25, -0.2) is 0 Å². The van der Waals surface area contributed by atoms with Crippen molar-refractivity contribution in [1.29, 1.82) is 0 Å². The third-order valence-corrected chi connectivity index (χ3v) is 4.21. The highest BCUT2D eigenvalue weighted by Gasteiger charge is 2.11. The fraction of sp³-hybridized carbons (Fsp3) is 0.158. The van der Waals surface area contributed by atoms with Crippen LogP contribution in [0.1, 0.15) is 5.56 Å². The molecule has 0 atom stereocenters. The molecule has 3 aromatic rings. The van der Waals surface area contributed by atoms with Gasteiger partial charge < -0.3 is 10.6 Å². The van der Waals surface area contributed by atoms with E-state index in [4.69, 9.17) is 11.6 Å². The summed E-state index contributed by atoms with van der Waals surface area (Å²) in [4.78, 5) is 36.0. The van der Waals surface area contributed by atoms with Crippen LogP contribution in [-0.2, 0) is 16.1 Å². The van der Waals surface area contributed by atoms with Gasteiger partial charge in [0.25, 0.3) is 0 Å². The zero-order valence-electron chi connectivity index (χ0n) is 14.5. The second-order valence-corrected chi connectivity index (χ2v) is 6.40. The minimum absolute atomic E-state index is 0.112. The molecular weight excluding hydrogens is 368 g/mol. The molecule has 138 valence electrons. The average molecular weight is 385 g/mol. The zero-order valence-corrected chi connectivity index (χ0v) is 15.3. The maximum absolute atomic E-state index is 12.2. The van der Waals surface area contributed by atoms with Crippen LogP contribution >= 0.6 is 11.6 Å². The summed E-state index contributed by atoms with van der Waals surface area (Å²) in [5.74, 6) is -0.798. The Morgan fingerprint density at radius 1 is 1.15 bits per heavy atom. The van der Waals surface area contributed by atoms with Gasteiger partial charge in [0.15, 0.2) is 0 Å². The number of para-hydroxylation sites is 1. The zero-order chi connectivity index (χ0) is 19.4. The normalized spacial score (nSPS) is 10.6. The SMILES string of the molecule is Cc1ccc(NC(=O)CNC(=O)Cn2ncc(=O)c3ccccc32)c(Cl)c1. The van der Waals surface area contributed by atoms with E-state index in [1.165, 1.54) is 10.9 Å². The van der Waals surface area contributed by atoms with Crippen molar-refractivity contribution >= 4 is 40.0 Å². The molecule has 0 unspecified atom stereocenters. The van der Waals surface area contributed by atoms with E-state index >= 15 is 0 Å². The summed E-state index contributed by atoms with van der Waals surface area (Å²) < 4.78 is 1.42. The molecule has 0 aliphatic carbocycles. The Morgan fingerprint density at radius 3 is 2.70 bits per heavy atom. The van der Waals surface area contributed by atoms with E-state index in [1.807, 2.05) is 13.0 Å². The average Bonchev–Trinajstić information content (AvgIpc) is 2.65. The maximum Gasteiger partial charge on any atom is 0.243 e. The monoisotopic (exact) mass is 384 g/mol. The number of amides is 2. The first-order chi connectivity index (χ1) is 12.9. The molecule has 2 aromatic carbocycles. The van der Waals surface area contributed by atoms with Gasteiger partial charge in [0.2, 0.25) is 17.2 Å². The van der Waals surface area contributed by atoms with E-state index in [-0.39, 0.29) is 18.5 Å². The Hall–Kier alpha value is -3.19. The van der Waals surface area contributed by atoms with Crippen molar-refractivity contribution in [2.24, 2.45) is 0 Å². The predicted molar refractivity (Wildman–Crippen MR) is 104 cm³/mol. The molecule has 1 aromatic heterocycles. The number of hydrogen-bond acceptors (Lipinski definition) is 4. The number of anilines is 1. The smallest absolute Gasteiger partial charge is 0.243 e. The molecule has 0 radical (unpaired) electrons. The van der Waals surface area contributed by atoms with E-state index in [1.54, 1.807) is 36.4 Å². The minimum atomic E-state index is -0.401. The van der Waals surface area contributed by atoms with E-state index in [9.17, 15) is 14.4 Å². The van der Waals surface area contributed by atoms with E-state index in [0.717, 1.165) is 5.56 Å². The van der Waals surface area contributed by atoms with Gasteiger partial charge in [-0.3, -0.25) is 19.1 Å². The minimum Gasteiger partial charge on any atom is -0.345 e. The number of nitrogens with zero attached hydrogens (tertiary/aromatic N) is 2. The van der Waals surface area contributed by atoms with Gasteiger partial charge in [-0.05, 0) is 36.8 Å². The topological polar surface area (TPSA) is 93.1 Å². The van der Waals surface area contributed by atoms with Crippen molar-refractivity contribution in [3.8, 4) is 0 Å². The summed E-state index contributed by atoms with van der Waals surface area (Å²) in [6, 6.07) is 12.2. The summed E-state index contributed by atoms with van der Waals surface area (Å²) in [5, 5.41) is 10.1. The number of benzene rings is 2. The van der Waals surface area contributed by atoms with Gasteiger partial charge in [0.1, 0.15) is 6.54 Å². The lowest BCUT2D eigenvalue weighted by atomic mass is 10.2. The Balaban J connectivity index is 1.61. The third kappa shape index (κ3) is 4.51. The fourth-order valence-electron chi connectivity index (χ4n) is 2.57. The fourth-order valence-corrected chi connectivity index (χ4v) is 2.86. The van der Waals surface area contributed by atoms with E-state index in [2.05, 4.69) is 15.7 Å². The highest BCUT2D eigenvalue weighted by molar-refractivity contribution is 6.33. The summed E-state index contributed by atoms with van der Waals surface area (Å²) in [6.45, 7) is 1.58. The maximum atomic E-state index is 12.2. The lowest BCUT2D eigenvalue weighted by molar-refractivity contribution is -0.124. The molecule has 0 fully saturated rings. The molecule has 0 aliphatic heterocycles. The van der Waals surface area contributed by atoms with Crippen molar-refractivity contribution in [3.63, 3.8) is 0 Å². The second kappa shape index (κ2) is 8.01. The van der Waals surface area contributed by atoms with Crippen molar-refractivity contribution in [1.82, 2.24) is 15.1 Å². The van der Waals surface area contributed by atoms with Crippen LogP contribution < -0.4 is 16.1 Å². The summed E-state index contributed by atoms with van der Waals surface area (Å²) in [5.41, 5.74) is 1.80. The number of carbonyl (C=O) groups excluding carboxylic acids is 2. The first-order valence-electron chi connectivity index (χ1n) is 8.21. The van der Waals surface area contributed by atoms with Crippen molar-refractivity contribution < 1.29 is 9.59 Å². The summed E-state index contributed by atoms with van der Waals surface area (Å²) in [7, 11) is 0. The first kappa shape index (κ1) is 18.6. The lowest BCUT2D eigenvalue weighted by Gasteiger charge is -2.11. The standard InChI is InChI=1S/C19H17ClN4O3/c1-12-6-7-15(14(20)8-12)23-18(26)10-21-19(27)11-24-16-5-3-2-4-13(16)17(25)9-22-24/h2-9H,10-11H2,1H3,(H,21,27)(H,23,26). The quantitative estimate of drug-likeness (QED) is 0.704. The number of rotatable bonds is 5. The Kier molecular flexibility index (Phi) is 5.52. The van der Waals surface area contributed by atoms with Crippen LogP contribution in [-0.4, -0.2) is 28.1 Å². The van der Waals surface area contributed by atoms with Crippen LogP contribution in [0.15, 0.2) is 53.5 Å². The van der Waals surface area contributed by atoms with Gasteiger partial charge in [0.05, 0.1) is 29.0 Å². The molecule has 0 aliphatic rings. The molecule has 2 N–H and O–H groups in total. The van der Waals surface area contributed by atoms with Gasteiger partial charge in [-0.2, -0.15) is 5.10 Å². The lowest BCUT2D eigenvalue weighted by Crippen LogP contribution is -2.35. The number of aromatic nitrogens is 2. The molecule has 0 saturated carbocycles. The van der Waals surface area contributed by atoms with Crippen molar-refractivity contribution in [2.75, 3.05) is 11.9 Å². The number of fused-ring (bicyclic) bond motifs is 1. The van der Waals surface area contributed by atoms with Crippen molar-refractivity contribution in [3.05, 3.63) is 69.5 Å². The largest absolute Gasteiger partial charge is 0.345 e. The van der Waals surface area contributed by atoms with Gasteiger partial charge in [0, 0.05) is 5.39 Å². The molecule has 0 saturated heterocycles. The highest BCUT2D eigenvalue weighted by Crippen LogP contribution is 2.22. The van der Waals surface area contributed by atoms with E-state index in [0.29, 0.717) is 21.6 Å². The number of halogens is 1. The first-order valence-corrected chi connectivity index (χ1v) is 8.59. The number of hydrogen-bond donors (Lipinski definition) is 2. The van der Waals surface area contributed by atoms with Crippen LogP contribution in [0.2, 0.25) is 5.02 Å². The Morgan fingerprint density at radius 2 is 1.93 bits per heavy atom. The van der Waals surface area contributed by atoms with Gasteiger partial charge in [-0.1, -0.05) is 29.8 Å². The summed E-state index contributed by atoms with van der Waals surface area (Å²) in [6.07, 6.45) is 1.17. The molecule has 27 heavy (non-hydrogen) atoms. The van der Waals surface area contributed by atoms with Crippen LogP contribution in [0.5, 0.6) is 0 Å². The Bertz CT molecular complexity index is 1080. The van der Waals surface area contributed by atoms with Gasteiger partial charge >= 0.3 is 0 Å². The van der Waals surface area contributed by atoms with E-state index < -0.39 is 11.8 Å². The van der Waals surface area contributed by atoms with Crippen LogP contribution in [0.4, 0.5) is 5.69 Å². The predicted octanol–water partition coefficient (Wildman–Crippen LogP) is 2.11. The molecule has 0 spiro atoms. The molecule has 2 amide bonds. The number of carbonyl (C=O) groups is 2. The number of aryl methyl sites for hydroxylation is 1. The molecule has 0 bridgehead atoms. The summed E-state index contributed by atoms with van der Waals surface area (Å²) >= 11 is 6.07.